The summed E-state index contributed by atoms with van der Waals surface area (Å²) < 4.78 is 0. The maximum absolute atomic E-state index is 10.8. The maximum atomic E-state index is 10.8. The SMILES string of the molecule is O=C(O)[C@H]1CS[C@H](c2cccc(B(O)O)c2)N1. The van der Waals surface area contributed by atoms with Gasteiger partial charge in [-0.3, -0.25) is 10.1 Å². The summed E-state index contributed by atoms with van der Waals surface area (Å²) in [5.74, 6) is -0.357. The number of hydrogen-bond donors (Lipinski definition) is 4. The van der Waals surface area contributed by atoms with E-state index in [1.54, 1.807) is 18.2 Å². The second-order valence-electron chi connectivity index (χ2n) is 3.81. The highest BCUT2D eigenvalue weighted by Crippen LogP contribution is 2.32. The number of carboxylic acid groups (broad SMARTS) is 1. The molecule has 0 spiro atoms. The van der Waals surface area contributed by atoms with Crippen LogP contribution in [0, 0.1) is 0 Å². The molecule has 1 aromatic carbocycles. The molecular weight excluding hydrogens is 241 g/mol. The molecule has 7 heteroatoms. The monoisotopic (exact) mass is 253 g/mol. The van der Waals surface area contributed by atoms with Crippen LogP contribution in [0.15, 0.2) is 24.3 Å². The van der Waals surface area contributed by atoms with Crippen LogP contribution in [0.4, 0.5) is 0 Å². The summed E-state index contributed by atoms with van der Waals surface area (Å²) in [6, 6.07) is 6.29. The van der Waals surface area contributed by atoms with Crippen molar-refractivity contribution in [2.75, 3.05) is 5.75 Å². The molecule has 1 heterocycles. The van der Waals surface area contributed by atoms with Gasteiger partial charge in [0.15, 0.2) is 0 Å². The second kappa shape index (κ2) is 5.09. The Labute approximate surface area is 103 Å². The Bertz CT molecular complexity index is 429. The summed E-state index contributed by atoms with van der Waals surface area (Å²) in [7, 11) is -1.50. The fourth-order valence-electron chi connectivity index (χ4n) is 1.69. The van der Waals surface area contributed by atoms with Gasteiger partial charge in [-0.1, -0.05) is 24.3 Å². The van der Waals surface area contributed by atoms with E-state index in [9.17, 15) is 4.79 Å². The Morgan fingerprint density at radius 2 is 2.24 bits per heavy atom. The third-order valence-electron chi connectivity index (χ3n) is 2.59. The Morgan fingerprint density at radius 1 is 1.47 bits per heavy atom. The summed E-state index contributed by atoms with van der Waals surface area (Å²) in [6.45, 7) is 0. The van der Waals surface area contributed by atoms with Gasteiger partial charge in [0.2, 0.25) is 0 Å². The lowest BCUT2D eigenvalue weighted by Gasteiger charge is -2.12. The van der Waals surface area contributed by atoms with Crippen LogP contribution in [0.2, 0.25) is 0 Å². The van der Waals surface area contributed by atoms with Gasteiger partial charge in [0.1, 0.15) is 6.04 Å². The number of carbonyl (C=O) groups is 1. The molecule has 1 saturated heterocycles. The van der Waals surface area contributed by atoms with Gasteiger partial charge < -0.3 is 15.2 Å². The van der Waals surface area contributed by atoms with Crippen molar-refractivity contribution in [2.24, 2.45) is 0 Å². The van der Waals surface area contributed by atoms with Gasteiger partial charge in [0, 0.05) is 5.75 Å². The fourth-order valence-corrected chi connectivity index (χ4v) is 2.91. The summed E-state index contributed by atoms with van der Waals surface area (Å²) in [4.78, 5) is 10.8. The van der Waals surface area contributed by atoms with Gasteiger partial charge in [-0.25, -0.2) is 0 Å². The number of nitrogens with one attached hydrogen (secondary N) is 1. The minimum absolute atomic E-state index is 0.116. The van der Waals surface area contributed by atoms with E-state index in [4.69, 9.17) is 15.2 Å². The zero-order valence-electron chi connectivity index (χ0n) is 8.91. The lowest BCUT2D eigenvalue weighted by Crippen LogP contribution is -2.34. The largest absolute Gasteiger partial charge is 0.488 e. The zero-order chi connectivity index (χ0) is 12.4. The first-order chi connectivity index (χ1) is 8.08. The Balaban J connectivity index is 2.13. The average Bonchev–Trinajstić information content (AvgIpc) is 2.78. The van der Waals surface area contributed by atoms with E-state index >= 15 is 0 Å². The van der Waals surface area contributed by atoms with Crippen LogP contribution >= 0.6 is 11.8 Å². The summed E-state index contributed by atoms with van der Waals surface area (Å²) in [5.41, 5.74) is 1.26. The highest BCUT2D eigenvalue weighted by molar-refractivity contribution is 7.99. The molecule has 2 atom stereocenters. The molecule has 0 aliphatic carbocycles. The molecule has 1 aliphatic heterocycles. The predicted octanol–water partition coefficient (Wildman–Crippen LogP) is -0.845. The van der Waals surface area contributed by atoms with Crippen molar-refractivity contribution in [2.45, 2.75) is 11.4 Å². The van der Waals surface area contributed by atoms with Gasteiger partial charge in [0.05, 0.1) is 5.37 Å². The smallest absolute Gasteiger partial charge is 0.480 e. The normalized spacial score (nSPS) is 23.6. The first kappa shape index (κ1) is 12.4. The molecule has 0 radical (unpaired) electrons. The van der Waals surface area contributed by atoms with Gasteiger partial charge in [-0.05, 0) is 11.0 Å². The van der Waals surface area contributed by atoms with E-state index in [1.807, 2.05) is 6.07 Å². The van der Waals surface area contributed by atoms with E-state index in [2.05, 4.69) is 5.32 Å². The summed E-state index contributed by atoms with van der Waals surface area (Å²) in [5, 5.41) is 29.9. The molecule has 0 amide bonds. The van der Waals surface area contributed by atoms with Gasteiger partial charge in [-0.2, -0.15) is 0 Å². The number of aliphatic carboxylic acids is 1. The molecule has 2 rings (SSSR count). The first-order valence-corrected chi connectivity index (χ1v) is 6.19. The quantitative estimate of drug-likeness (QED) is 0.525. The first-order valence-electron chi connectivity index (χ1n) is 5.14. The second-order valence-corrected chi connectivity index (χ2v) is 4.95. The Morgan fingerprint density at radius 3 is 2.82 bits per heavy atom. The Hall–Kier alpha value is -1.02. The summed E-state index contributed by atoms with van der Waals surface area (Å²) >= 11 is 1.50. The summed E-state index contributed by atoms with van der Waals surface area (Å²) in [6.07, 6.45) is 0. The number of thioether (sulfide) groups is 1. The highest BCUT2D eigenvalue weighted by Gasteiger charge is 2.30. The maximum Gasteiger partial charge on any atom is 0.488 e. The molecule has 0 saturated carbocycles. The fraction of sp³-hybridized carbons (Fsp3) is 0.300. The van der Waals surface area contributed by atoms with Crippen LogP contribution in [0.3, 0.4) is 0 Å². The van der Waals surface area contributed by atoms with E-state index in [-0.39, 0.29) is 5.37 Å². The minimum atomic E-state index is -1.50. The minimum Gasteiger partial charge on any atom is -0.480 e. The molecule has 0 aromatic heterocycles. The van der Waals surface area contributed by atoms with Crippen LogP contribution in [-0.2, 0) is 4.79 Å². The highest BCUT2D eigenvalue weighted by atomic mass is 32.2. The van der Waals surface area contributed by atoms with Crippen LogP contribution in [0.5, 0.6) is 0 Å². The Kier molecular flexibility index (Phi) is 3.73. The number of rotatable bonds is 3. The third-order valence-corrected chi connectivity index (χ3v) is 3.86. The number of hydrogen-bond acceptors (Lipinski definition) is 5. The van der Waals surface area contributed by atoms with Crippen molar-refractivity contribution in [1.82, 2.24) is 5.32 Å². The zero-order valence-corrected chi connectivity index (χ0v) is 9.72. The molecule has 90 valence electrons. The molecule has 0 unspecified atom stereocenters. The molecule has 4 N–H and O–H groups in total. The average molecular weight is 253 g/mol. The molecule has 17 heavy (non-hydrogen) atoms. The molecule has 1 aromatic rings. The van der Waals surface area contributed by atoms with Crippen molar-refractivity contribution in [3.63, 3.8) is 0 Å². The van der Waals surface area contributed by atoms with Crippen LogP contribution in [0.1, 0.15) is 10.9 Å². The van der Waals surface area contributed by atoms with Crippen LogP contribution < -0.4 is 10.8 Å². The standard InChI is InChI=1S/C10H12BNO4S/c13-10(14)8-5-17-9(12-8)6-2-1-3-7(4-6)11(15)16/h1-4,8-9,12,15-16H,5H2,(H,13,14)/t8-,9-/m1/s1. The molecule has 1 aliphatic rings. The molecule has 0 bridgehead atoms. The molecule has 1 fully saturated rings. The molecule has 5 nitrogen and oxygen atoms in total. The number of carboxylic acids is 1. The van der Waals surface area contributed by atoms with Crippen LogP contribution in [0.25, 0.3) is 0 Å². The van der Waals surface area contributed by atoms with E-state index < -0.39 is 19.1 Å². The van der Waals surface area contributed by atoms with Crippen molar-refractivity contribution in [3.8, 4) is 0 Å². The van der Waals surface area contributed by atoms with Gasteiger partial charge >= 0.3 is 13.1 Å². The van der Waals surface area contributed by atoms with Crippen molar-refractivity contribution < 1.29 is 19.9 Å². The van der Waals surface area contributed by atoms with Gasteiger partial charge in [-0.15, -0.1) is 11.8 Å². The van der Waals surface area contributed by atoms with E-state index in [1.165, 1.54) is 11.8 Å². The van der Waals surface area contributed by atoms with Crippen LogP contribution in [-0.4, -0.2) is 40.0 Å². The predicted molar refractivity (Wildman–Crippen MR) is 66.0 cm³/mol. The lowest BCUT2D eigenvalue weighted by atomic mass is 9.79. The lowest BCUT2D eigenvalue weighted by molar-refractivity contribution is -0.138. The van der Waals surface area contributed by atoms with Crippen molar-refractivity contribution in [1.29, 1.82) is 0 Å². The number of benzene rings is 1. The van der Waals surface area contributed by atoms with Crippen molar-refractivity contribution in [3.05, 3.63) is 29.8 Å². The topological polar surface area (TPSA) is 89.8 Å². The third kappa shape index (κ3) is 2.81. The van der Waals surface area contributed by atoms with E-state index in [0.29, 0.717) is 11.2 Å². The van der Waals surface area contributed by atoms with Gasteiger partial charge in [0.25, 0.3) is 0 Å². The molecular formula is C10H12BNO4S. The van der Waals surface area contributed by atoms with E-state index in [0.717, 1.165) is 5.56 Å². The van der Waals surface area contributed by atoms with Crippen molar-refractivity contribution >= 4 is 30.3 Å².